The first-order valence-corrected chi connectivity index (χ1v) is 8.12. The number of hydrogen-bond acceptors (Lipinski definition) is 2. The zero-order chi connectivity index (χ0) is 16.2. The van der Waals surface area contributed by atoms with Crippen molar-refractivity contribution in [3.8, 4) is 5.75 Å². The number of alkyl halides is 2. The van der Waals surface area contributed by atoms with Gasteiger partial charge < -0.3 is 4.74 Å². The Kier molecular flexibility index (Phi) is 5.79. The Morgan fingerprint density at radius 1 is 1.23 bits per heavy atom. The van der Waals surface area contributed by atoms with E-state index in [-0.39, 0.29) is 17.9 Å². The minimum atomic E-state index is -2.22. The number of likely N-dealkylation sites (tertiary alicyclic amines) is 1. The molecule has 1 atom stereocenters. The van der Waals surface area contributed by atoms with E-state index >= 15 is 0 Å². The monoisotopic (exact) mass is 311 g/mol. The second-order valence-corrected chi connectivity index (χ2v) is 7.14. The molecule has 22 heavy (non-hydrogen) atoms. The third-order valence-corrected chi connectivity index (χ3v) is 4.15. The van der Waals surface area contributed by atoms with Gasteiger partial charge in [0.05, 0.1) is 0 Å². The highest BCUT2D eigenvalue weighted by Gasteiger charge is 2.22. The highest BCUT2D eigenvalue weighted by molar-refractivity contribution is 5.31. The molecule has 1 aliphatic heterocycles. The number of rotatable bonds is 5. The first-order valence-electron chi connectivity index (χ1n) is 8.12. The average Bonchev–Trinajstić information content (AvgIpc) is 2.45. The second kappa shape index (κ2) is 7.40. The van der Waals surface area contributed by atoms with Gasteiger partial charge in [0.2, 0.25) is 6.43 Å². The first kappa shape index (κ1) is 17.2. The molecular weight excluding hydrogens is 284 g/mol. The SMILES string of the molecule is CC(C)(C)c1ccc(O[C@@H]2CCCN(CCC(F)F)C2)cc1. The molecule has 0 aliphatic carbocycles. The number of benzene rings is 1. The van der Waals surface area contributed by atoms with Crippen molar-refractivity contribution in [2.75, 3.05) is 19.6 Å². The Morgan fingerprint density at radius 2 is 1.91 bits per heavy atom. The van der Waals surface area contributed by atoms with Gasteiger partial charge in [-0.25, -0.2) is 8.78 Å². The zero-order valence-electron chi connectivity index (χ0n) is 13.8. The maximum Gasteiger partial charge on any atom is 0.239 e. The Labute approximate surface area is 132 Å². The summed E-state index contributed by atoms with van der Waals surface area (Å²) in [5, 5.41) is 0. The molecule has 0 saturated carbocycles. The molecule has 0 unspecified atom stereocenters. The lowest BCUT2D eigenvalue weighted by Gasteiger charge is -2.33. The van der Waals surface area contributed by atoms with E-state index in [4.69, 9.17) is 4.74 Å². The summed E-state index contributed by atoms with van der Waals surface area (Å²) >= 11 is 0. The van der Waals surface area contributed by atoms with Crippen LogP contribution in [0.25, 0.3) is 0 Å². The molecule has 1 aliphatic rings. The summed E-state index contributed by atoms with van der Waals surface area (Å²) in [5.74, 6) is 0.869. The highest BCUT2D eigenvalue weighted by Crippen LogP contribution is 2.25. The van der Waals surface area contributed by atoms with Gasteiger partial charge in [0.25, 0.3) is 0 Å². The molecule has 0 bridgehead atoms. The molecule has 124 valence electrons. The van der Waals surface area contributed by atoms with Gasteiger partial charge >= 0.3 is 0 Å². The first-order chi connectivity index (χ1) is 10.3. The number of nitrogens with zero attached hydrogens (tertiary/aromatic N) is 1. The molecule has 0 N–H and O–H groups in total. The van der Waals surface area contributed by atoms with E-state index in [2.05, 4.69) is 37.8 Å². The summed E-state index contributed by atoms with van der Waals surface area (Å²) in [6.45, 7) is 8.66. The summed E-state index contributed by atoms with van der Waals surface area (Å²) in [4.78, 5) is 2.09. The molecule has 1 aromatic rings. The summed E-state index contributed by atoms with van der Waals surface area (Å²) in [6.07, 6.45) is -0.161. The molecule has 1 saturated heterocycles. The fourth-order valence-electron chi connectivity index (χ4n) is 2.82. The van der Waals surface area contributed by atoms with Crippen LogP contribution in [0.3, 0.4) is 0 Å². The Morgan fingerprint density at radius 3 is 2.50 bits per heavy atom. The van der Waals surface area contributed by atoms with E-state index in [1.54, 1.807) is 0 Å². The lowest BCUT2D eigenvalue weighted by Crippen LogP contribution is -2.41. The summed E-state index contributed by atoms with van der Waals surface area (Å²) < 4.78 is 30.7. The topological polar surface area (TPSA) is 12.5 Å². The van der Waals surface area contributed by atoms with E-state index in [1.165, 1.54) is 5.56 Å². The number of halogens is 2. The third-order valence-electron chi connectivity index (χ3n) is 4.15. The van der Waals surface area contributed by atoms with Gasteiger partial charge in [-0.1, -0.05) is 32.9 Å². The minimum Gasteiger partial charge on any atom is -0.489 e. The Bertz CT molecular complexity index is 453. The number of hydrogen-bond donors (Lipinski definition) is 0. The summed E-state index contributed by atoms with van der Waals surface area (Å²) in [5.41, 5.74) is 1.41. The van der Waals surface area contributed by atoms with Crippen LogP contribution in [0.15, 0.2) is 24.3 Å². The van der Waals surface area contributed by atoms with E-state index in [0.717, 1.165) is 31.7 Å². The van der Waals surface area contributed by atoms with E-state index in [1.807, 2.05) is 12.1 Å². The van der Waals surface area contributed by atoms with Crippen molar-refractivity contribution in [2.45, 2.75) is 58.0 Å². The Hall–Kier alpha value is -1.16. The van der Waals surface area contributed by atoms with E-state index in [9.17, 15) is 8.78 Å². The van der Waals surface area contributed by atoms with Crippen LogP contribution in [0.1, 0.15) is 45.6 Å². The Balaban J connectivity index is 1.87. The smallest absolute Gasteiger partial charge is 0.239 e. The molecule has 2 nitrogen and oxygen atoms in total. The van der Waals surface area contributed by atoms with Crippen LogP contribution in [0.4, 0.5) is 8.78 Å². The molecule has 0 aromatic heterocycles. The van der Waals surface area contributed by atoms with Crippen LogP contribution >= 0.6 is 0 Å². The van der Waals surface area contributed by atoms with Gasteiger partial charge in [-0.15, -0.1) is 0 Å². The van der Waals surface area contributed by atoms with Crippen LogP contribution in [0, 0.1) is 0 Å². The minimum absolute atomic E-state index is 0.0486. The van der Waals surface area contributed by atoms with Crippen molar-refractivity contribution in [3.05, 3.63) is 29.8 Å². The maximum absolute atomic E-state index is 12.3. The second-order valence-electron chi connectivity index (χ2n) is 7.14. The normalized spacial score (nSPS) is 20.4. The molecule has 0 radical (unpaired) electrons. The van der Waals surface area contributed by atoms with Crippen LogP contribution in [-0.4, -0.2) is 37.1 Å². The van der Waals surface area contributed by atoms with Crippen molar-refractivity contribution in [3.63, 3.8) is 0 Å². The quantitative estimate of drug-likeness (QED) is 0.795. The molecular formula is C18H27F2NO. The van der Waals surface area contributed by atoms with Gasteiger partial charge in [-0.2, -0.15) is 0 Å². The van der Waals surface area contributed by atoms with Crippen LogP contribution < -0.4 is 4.74 Å². The lowest BCUT2D eigenvalue weighted by molar-refractivity contribution is 0.0661. The predicted octanol–water partition coefficient (Wildman–Crippen LogP) is 4.48. The van der Waals surface area contributed by atoms with Crippen molar-refractivity contribution < 1.29 is 13.5 Å². The fourth-order valence-corrected chi connectivity index (χ4v) is 2.82. The summed E-state index contributed by atoms with van der Waals surface area (Å²) in [6, 6.07) is 8.23. The molecule has 1 aromatic carbocycles. The molecule has 2 rings (SSSR count). The van der Waals surface area contributed by atoms with Crippen molar-refractivity contribution in [1.82, 2.24) is 4.90 Å². The fraction of sp³-hybridized carbons (Fsp3) is 0.667. The lowest BCUT2D eigenvalue weighted by atomic mass is 9.87. The maximum atomic E-state index is 12.3. The third kappa shape index (κ3) is 5.24. The van der Waals surface area contributed by atoms with Gasteiger partial charge in [0.1, 0.15) is 11.9 Å². The number of piperidine rings is 1. The largest absolute Gasteiger partial charge is 0.489 e. The van der Waals surface area contributed by atoms with E-state index in [0.29, 0.717) is 6.54 Å². The van der Waals surface area contributed by atoms with Crippen LogP contribution in [0.2, 0.25) is 0 Å². The van der Waals surface area contributed by atoms with Crippen LogP contribution in [-0.2, 0) is 5.41 Å². The van der Waals surface area contributed by atoms with Gasteiger partial charge in [-0.05, 0) is 42.5 Å². The molecule has 0 spiro atoms. The van der Waals surface area contributed by atoms with Crippen LogP contribution in [0.5, 0.6) is 5.75 Å². The zero-order valence-corrected chi connectivity index (χ0v) is 13.8. The predicted molar refractivity (Wildman–Crippen MR) is 85.9 cm³/mol. The molecule has 1 fully saturated rings. The van der Waals surface area contributed by atoms with Gasteiger partial charge in [0.15, 0.2) is 0 Å². The molecule has 1 heterocycles. The van der Waals surface area contributed by atoms with Crippen molar-refractivity contribution in [1.29, 1.82) is 0 Å². The van der Waals surface area contributed by atoms with Crippen molar-refractivity contribution >= 4 is 0 Å². The van der Waals surface area contributed by atoms with E-state index < -0.39 is 6.43 Å². The summed E-state index contributed by atoms with van der Waals surface area (Å²) in [7, 11) is 0. The number of ether oxygens (including phenoxy) is 1. The van der Waals surface area contributed by atoms with Gasteiger partial charge in [0, 0.05) is 19.5 Å². The highest BCUT2D eigenvalue weighted by atomic mass is 19.3. The average molecular weight is 311 g/mol. The van der Waals surface area contributed by atoms with Crippen molar-refractivity contribution in [2.24, 2.45) is 0 Å². The molecule has 4 heteroatoms. The molecule has 0 amide bonds. The standard InChI is InChI=1S/C18H27F2NO/c1-18(2,3)14-6-8-15(9-7-14)22-16-5-4-11-21(13-16)12-10-17(19)20/h6-9,16-17H,4-5,10-13H2,1-3H3/t16-/m1/s1. The van der Waals surface area contributed by atoms with Gasteiger partial charge in [-0.3, -0.25) is 4.90 Å².